The molecule has 0 heterocycles. The highest BCUT2D eigenvalue weighted by atomic mass is 19.1. The summed E-state index contributed by atoms with van der Waals surface area (Å²) in [7, 11) is 0. The number of aliphatic carboxylic acids is 2. The van der Waals surface area contributed by atoms with Crippen LogP contribution in [0.5, 0.6) is 5.75 Å². The summed E-state index contributed by atoms with van der Waals surface area (Å²) in [5.41, 5.74) is 0.363. The van der Waals surface area contributed by atoms with Gasteiger partial charge in [-0.1, -0.05) is 0 Å². The van der Waals surface area contributed by atoms with Crippen LogP contribution in [0.3, 0.4) is 0 Å². The van der Waals surface area contributed by atoms with Gasteiger partial charge in [-0.05, 0) is 30.7 Å². The molecule has 0 unspecified atom stereocenters. The van der Waals surface area contributed by atoms with E-state index in [1.807, 2.05) is 0 Å². The molecule has 1 aromatic rings. The zero-order valence-corrected chi connectivity index (χ0v) is 8.81. The van der Waals surface area contributed by atoms with Gasteiger partial charge in [-0.15, -0.1) is 0 Å². The lowest BCUT2D eigenvalue weighted by Gasteiger charge is -2.08. The molecular formula is C11H9FO5. The van der Waals surface area contributed by atoms with Crippen molar-refractivity contribution in [3.8, 4) is 5.75 Å². The summed E-state index contributed by atoms with van der Waals surface area (Å²) in [6, 6.07) is 3.46. The van der Waals surface area contributed by atoms with Crippen LogP contribution in [0.4, 0.5) is 4.39 Å². The van der Waals surface area contributed by atoms with E-state index in [0.717, 1.165) is 12.1 Å². The Morgan fingerprint density at radius 3 is 2.47 bits per heavy atom. The van der Waals surface area contributed by atoms with E-state index in [4.69, 9.17) is 14.9 Å². The Kier molecular flexibility index (Phi) is 3.82. The number of hydrogen-bond donors (Lipinski definition) is 2. The first-order valence-electron chi connectivity index (χ1n) is 4.52. The minimum absolute atomic E-state index is 0.0845. The molecule has 0 aliphatic rings. The Bertz CT molecular complexity index is 493. The van der Waals surface area contributed by atoms with E-state index < -0.39 is 23.5 Å². The summed E-state index contributed by atoms with van der Waals surface area (Å²) in [4.78, 5) is 21.1. The van der Waals surface area contributed by atoms with Crippen LogP contribution in [-0.2, 0) is 9.59 Å². The molecule has 0 saturated heterocycles. The molecule has 90 valence electrons. The van der Waals surface area contributed by atoms with Crippen LogP contribution in [0.15, 0.2) is 30.0 Å². The largest absolute Gasteiger partial charge is 0.478 e. The molecule has 0 atom stereocenters. The van der Waals surface area contributed by atoms with Gasteiger partial charge in [-0.25, -0.2) is 14.0 Å². The highest BCUT2D eigenvalue weighted by Gasteiger charge is 2.13. The molecule has 17 heavy (non-hydrogen) atoms. The number of carboxylic acids is 2. The second-order valence-corrected chi connectivity index (χ2v) is 3.16. The molecule has 0 aliphatic heterocycles. The standard InChI is InChI=1S/C11H9FO5/c1-6-4-7(12)2-3-8(6)17-9(11(15)16)5-10(13)14/h2-5H,1H3,(H,13,14)(H,15,16)/b9-5+. The molecule has 2 N–H and O–H groups in total. The van der Waals surface area contributed by atoms with Crippen LogP contribution in [-0.4, -0.2) is 22.2 Å². The SMILES string of the molecule is Cc1cc(F)ccc1O/C(=C/C(=O)O)C(=O)O. The highest BCUT2D eigenvalue weighted by molar-refractivity contribution is 5.93. The van der Waals surface area contributed by atoms with Crippen molar-refractivity contribution in [1.82, 2.24) is 0 Å². The maximum Gasteiger partial charge on any atom is 0.372 e. The Hall–Kier alpha value is -2.37. The fourth-order valence-electron chi connectivity index (χ4n) is 1.09. The fourth-order valence-corrected chi connectivity index (χ4v) is 1.09. The van der Waals surface area contributed by atoms with E-state index in [1.54, 1.807) is 0 Å². The van der Waals surface area contributed by atoms with E-state index in [1.165, 1.54) is 13.0 Å². The second-order valence-electron chi connectivity index (χ2n) is 3.16. The summed E-state index contributed by atoms with van der Waals surface area (Å²) in [5.74, 6) is -4.11. The third kappa shape index (κ3) is 3.60. The Morgan fingerprint density at radius 2 is 2.00 bits per heavy atom. The average molecular weight is 240 g/mol. The van der Waals surface area contributed by atoms with Crippen molar-refractivity contribution in [2.45, 2.75) is 6.92 Å². The minimum Gasteiger partial charge on any atom is -0.478 e. The van der Waals surface area contributed by atoms with Gasteiger partial charge in [-0.2, -0.15) is 0 Å². The number of benzene rings is 1. The van der Waals surface area contributed by atoms with Gasteiger partial charge in [0, 0.05) is 0 Å². The fraction of sp³-hybridized carbons (Fsp3) is 0.0909. The van der Waals surface area contributed by atoms with Gasteiger partial charge in [0.1, 0.15) is 11.6 Å². The van der Waals surface area contributed by atoms with Gasteiger partial charge in [0.25, 0.3) is 0 Å². The van der Waals surface area contributed by atoms with E-state index in [9.17, 15) is 14.0 Å². The first-order chi connectivity index (χ1) is 7.90. The van der Waals surface area contributed by atoms with E-state index in [2.05, 4.69) is 0 Å². The molecule has 5 nitrogen and oxygen atoms in total. The van der Waals surface area contributed by atoms with Gasteiger partial charge in [0.05, 0.1) is 6.08 Å². The third-order valence-corrected chi connectivity index (χ3v) is 1.82. The van der Waals surface area contributed by atoms with Crippen LogP contribution in [0, 0.1) is 12.7 Å². The minimum atomic E-state index is -1.52. The van der Waals surface area contributed by atoms with Crippen LogP contribution >= 0.6 is 0 Å². The molecule has 0 fully saturated rings. The van der Waals surface area contributed by atoms with Crippen LogP contribution in [0.1, 0.15) is 5.56 Å². The van der Waals surface area contributed by atoms with Crippen molar-refractivity contribution in [3.63, 3.8) is 0 Å². The molecule has 0 amide bonds. The van der Waals surface area contributed by atoms with Crippen molar-refractivity contribution in [3.05, 3.63) is 41.4 Å². The first-order valence-corrected chi connectivity index (χ1v) is 4.52. The normalized spacial score (nSPS) is 11.1. The van der Waals surface area contributed by atoms with Gasteiger partial charge < -0.3 is 14.9 Å². The van der Waals surface area contributed by atoms with Gasteiger partial charge in [0.2, 0.25) is 5.76 Å². The van der Waals surface area contributed by atoms with Crippen molar-refractivity contribution in [2.24, 2.45) is 0 Å². The van der Waals surface area contributed by atoms with Crippen LogP contribution in [0.25, 0.3) is 0 Å². The lowest BCUT2D eigenvalue weighted by Crippen LogP contribution is -2.10. The summed E-state index contributed by atoms with van der Waals surface area (Å²) in [5, 5.41) is 17.1. The van der Waals surface area contributed by atoms with E-state index in [-0.39, 0.29) is 5.75 Å². The molecule has 0 aliphatic carbocycles. The van der Waals surface area contributed by atoms with Gasteiger partial charge in [-0.3, -0.25) is 0 Å². The Morgan fingerprint density at radius 1 is 1.35 bits per heavy atom. The molecule has 1 rings (SSSR count). The quantitative estimate of drug-likeness (QED) is 0.616. The third-order valence-electron chi connectivity index (χ3n) is 1.82. The molecule has 0 bridgehead atoms. The predicted molar refractivity (Wildman–Crippen MR) is 55.1 cm³/mol. The lowest BCUT2D eigenvalue weighted by molar-refractivity contribution is -0.137. The van der Waals surface area contributed by atoms with Crippen molar-refractivity contribution in [2.75, 3.05) is 0 Å². The number of hydrogen-bond acceptors (Lipinski definition) is 3. The zero-order chi connectivity index (χ0) is 13.0. The van der Waals surface area contributed by atoms with Gasteiger partial charge >= 0.3 is 11.9 Å². The summed E-state index contributed by atoms with van der Waals surface area (Å²) >= 11 is 0. The molecular weight excluding hydrogens is 231 g/mol. The number of aryl methyl sites for hydroxylation is 1. The number of carboxylic acid groups (broad SMARTS) is 2. The van der Waals surface area contributed by atoms with E-state index in [0.29, 0.717) is 11.6 Å². The number of carbonyl (C=O) groups is 2. The van der Waals surface area contributed by atoms with Crippen LogP contribution in [0.2, 0.25) is 0 Å². The Balaban J connectivity index is 3.02. The van der Waals surface area contributed by atoms with Crippen molar-refractivity contribution in [1.29, 1.82) is 0 Å². The summed E-state index contributed by atoms with van der Waals surface area (Å²) in [6.07, 6.45) is 0.422. The molecule has 0 aromatic heterocycles. The number of halogens is 1. The predicted octanol–water partition coefficient (Wildman–Crippen LogP) is 1.57. The Labute approximate surface area is 95.8 Å². The zero-order valence-electron chi connectivity index (χ0n) is 8.81. The maximum absolute atomic E-state index is 12.8. The monoisotopic (exact) mass is 240 g/mol. The smallest absolute Gasteiger partial charge is 0.372 e. The topological polar surface area (TPSA) is 83.8 Å². The molecule has 6 heteroatoms. The maximum atomic E-state index is 12.8. The van der Waals surface area contributed by atoms with Crippen molar-refractivity contribution < 1.29 is 28.9 Å². The average Bonchev–Trinajstić information content (AvgIpc) is 2.19. The van der Waals surface area contributed by atoms with Crippen LogP contribution < -0.4 is 4.74 Å². The highest BCUT2D eigenvalue weighted by Crippen LogP contribution is 2.20. The summed E-state index contributed by atoms with van der Waals surface area (Å²) in [6.45, 7) is 1.51. The molecule has 0 spiro atoms. The molecule has 0 saturated carbocycles. The molecule has 0 radical (unpaired) electrons. The second kappa shape index (κ2) is 5.11. The first kappa shape index (κ1) is 12.7. The van der Waals surface area contributed by atoms with Crippen molar-refractivity contribution >= 4 is 11.9 Å². The van der Waals surface area contributed by atoms with E-state index >= 15 is 0 Å². The number of ether oxygens (including phenoxy) is 1. The number of rotatable bonds is 4. The van der Waals surface area contributed by atoms with Gasteiger partial charge in [0.15, 0.2) is 0 Å². The lowest BCUT2D eigenvalue weighted by atomic mass is 10.2. The summed E-state index contributed by atoms with van der Waals surface area (Å²) < 4.78 is 17.7. The molecule has 1 aromatic carbocycles.